The highest BCUT2D eigenvalue weighted by Gasteiger charge is 2.42. The second-order valence-electron chi connectivity index (χ2n) is 10.4. The summed E-state index contributed by atoms with van der Waals surface area (Å²) in [5, 5.41) is 0.116. The molecule has 4 nitrogen and oxygen atoms in total. The molecule has 0 unspecified atom stereocenters. The standard InChI is InChI=1S/C22H36FNO3Si/c1-21(2,3)27-20(25)24-13-17(15-26-28(7,8)22(4,5)6)19(14-24)16-10-9-11-18(23)12-16/h9-12,17,19H,13-15H2,1-8H3/t17-,19-/m1/s1. The Kier molecular flexibility index (Phi) is 6.66. The first-order valence-electron chi connectivity index (χ1n) is 10.1. The molecule has 1 amide bonds. The molecular formula is C22H36FNO3Si. The molecule has 1 fully saturated rings. The molecule has 0 aliphatic carbocycles. The van der Waals surface area contributed by atoms with Crippen molar-refractivity contribution in [3.8, 4) is 0 Å². The molecule has 0 N–H and O–H groups in total. The van der Waals surface area contributed by atoms with E-state index in [4.69, 9.17) is 9.16 Å². The molecule has 1 aliphatic heterocycles. The van der Waals surface area contributed by atoms with Gasteiger partial charge in [0.2, 0.25) is 0 Å². The number of carbonyl (C=O) groups excluding carboxylic acids is 1. The lowest BCUT2D eigenvalue weighted by Gasteiger charge is -2.37. The number of amides is 1. The largest absolute Gasteiger partial charge is 0.444 e. The van der Waals surface area contributed by atoms with Gasteiger partial charge in [-0.25, -0.2) is 9.18 Å². The molecule has 1 aromatic rings. The Morgan fingerprint density at radius 2 is 1.82 bits per heavy atom. The van der Waals surface area contributed by atoms with Crippen LogP contribution in [0.3, 0.4) is 0 Å². The van der Waals surface area contributed by atoms with Crippen LogP contribution >= 0.6 is 0 Å². The highest BCUT2D eigenvalue weighted by molar-refractivity contribution is 6.74. The van der Waals surface area contributed by atoms with Crippen LogP contribution < -0.4 is 0 Å². The van der Waals surface area contributed by atoms with E-state index in [1.165, 1.54) is 6.07 Å². The molecule has 0 saturated carbocycles. The van der Waals surface area contributed by atoms with Crippen LogP contribution in [0.2, 0.25) is 18.1 Å². The van der Waals surface area contributed by atoms with Gasteiger partial charge in [0, 0.05) is 31.5 Å². The fourth-order valence-electron chi connectivity index (χ4n) is 3.16. The van der Waals surface area contributed by atoms with E-state index in [-0.39, 0.29) is 28.8 Å². The first-order valence-corrected chi connectivity index (χ1v) is 13.0. The van der Waals surface area contributed by atoms with Gasteiger partial charge in [-0.3, -0.25) is 0 Å². The molecule has 6 heteroatoms. The van der Waals surface area contributed by atoms with Gasteiger partial charge in [-0.15, -0.1) is 0 Å². The van der Waals surface area contributed by atoms with Crippen LogP contribution in [0, 0.1) is 11.7 Å². The van der Waals surface area contributed by atoms with Crippen LogP contribution in [0.25, 0.3) is 0 Å². The van der Waals surface area contributed by atoms with Gasteiger partial charge < -0.3 is 14.1 Å². The summed E-state index contributed by atoms with van der Waals surface area (Å²) in [6.07, 6.45) is -0.316. The van der Waals surface area contributed by atoms with Gasteiger partial charge in [0.25, 0.3) is 0 Å². The fourth-order valence-corrected chi connectivity index (χ4v) is 4.23. The van der Waals surface area contributed by atoms with Gasteiger partial charge in [0.1, 0.15) is 11.4 Å². The summed E-state index contributed by atoms with van der Waals surface area (Å²) in [5.74, 6) is -0.103. The molecule has 158 valence electrons. The Morgan fingerprint density at radius 1 is 1.18 bits per heavy atom. The first-order chi connectivity index (χ1) is 12.7. The number of likely N-dealkylation sites (tertiary alicyclic amines) is 1. The number of carbonyl (C=O) groups is 1. The number of ether oxygens (including phenoxy) is 1. The zero-order chi connectivity index (χ0) is 21.3. The number of halogens is 1. The molecule has 0 radical (unpaired) electrons. The summed E-state index contributed by atoms with van der Waals surface area (Å²) in [6, 6.07) is 6.69. The molecule has 0 spiro atoms. The van der Waals surface area contributed by atoms with Crippen molar-refractivity contribution in [2.45, 2.75) is 71.2 Å². The van der Waals surface area contributed by atoms with Crippen molar-refractivity contribution in [3.63, 3.8) is 0 Å². The molecule has 0 aromatic heterocycles. The number of hydrogen-bond donors (Lipinski definition) is 0. The Labute approximate surface area is 170 Å². The smallest absolute Gasteiger partial charge is 0.410 e. The first kappa shape index (κ1) is 22.9. The molecule has 2 atom stereocenters. The average Bonchev–Trinajstić information content (AvgIpc) is 2.95. The number of benzene rings is 1. The Hall–Kier alpha value is -1.40. The van der Waals surface area contributed by atoms with E-state index in [2.05, 4.69) is 33.9 Å². The topological polar surface area (TPSA) is 38.8 Å². The molecule has 1 aromatic carbocycles. The van der Waals surface area contributed by atoms with Gasteiger partial charge in [-0.1, -0.05) is 32.9 Å². The highest BCUT2D eigenvalue weighted by atomic mass is 28.4. The number of nitrogens with zero attached hydrogens (tertiary/aromatic N) is 1. The van der Waals surface area contributed by atoms with Crippen LogP contribution in [-0.4, -0.2) is 44.6 Å². The summed E-state index contributed by atoms with van der Waals surface area (Å²) in [5.41, 5.74) is 0.371. The maximum Gasteiger partial charge on any atom is 0.410 e. The lowest BCUT2D eigenvalue weighted by molar-refractivity contribution is 0.0283. The maximum atomic E-state index is 13.8. The minimum Gasteiger partial charge on any atom is -0.444 e. The quantitative estimate of drug-likeness (QED) is 0.590. The predicted molar refractivity (Wildman–Crippen MR) is 114 cm³/mol. The van der Waals surface area contributed by atoms with Gasteiger partial charge in [-0.2, -0.15) is 0 Å². The Bertz CT molecular complexity index is 694. The van der Waals surface area contributed by atoms with Crippen molar-refractivity contribution in [1.29, 1.82) is 0 Å². The minimum absolute atomic E-state index is 0.0352. The SMILES string of the molecule is CC(C)(C)OC(=O)N1C[C@H](CO[Si](C)(C)C(C)(C)C)[C@@H](c2cccc(F)c2)C1. The molecule has 1 heterocycles. The van der Waals surface area contributed by atoms with E-state index in [1.54, 1.807) is 17.0 Å². The average molecular weight is 410 g/mol. The summed E-state index contributed by atoms with van der Waals surface area (Å²) in [6.45, 7) is 18.3. The maximum absolute atomic E-state index is 13.8. The molecule has 0 bridgehead atoms. The van der Waals surface area contributed by atoms with E-state index in [0.29, 0.717) is 19.7 Å². The zero-order valence-corrected chi connectivity index (χ0v) is 19.6. The lowest BCUT2D eigenvalue weighted by atomic mass is 9.89. The third kappa shape index (κ3) is 5.80. The van der Waals surface area contributed by atoms with Crippen LogP contribution in [0.5, 0.6) is 0 Å². The molecule has 2 rings (SSSR count). The van der Waals surface area contributed by atoms with Gasteiger partial charge >= 0.3 is 6.09 Å². The van der Waals surface area contributed by atoms with E-state index in [0.717, 1.165) is 5.56 Å². The lowest BCUT2D eigenvalue weighted by Crippen LogP contribution is -2.42. The van der Waals surface area contributed by atoms with Crippen molar-refractivity contribution in [1.82, 2.24) is 4.90 Å². The van der Waals surface area contributed by atoms with Gasteiger partial charge in [0.15, 0.2) is 8.32 Å². The van der Waals surface area contributed by atoms with Crippen molar-refractivity contribution in [3.05, 3.63) is 35.6 Å². The monoisotopic (exact) mass is 409 g/mol. The van der Waals surface area contributed by atoms with Gasteiger partial charge in [-0.05, 0) is 56.6 Å². The second kappa shape index (κ2) is 8.15. The summed E-state index contributed by atoms with van der Waals surface area (Å²) < 4.78 is 25.8. The van der Waals surface area contributed by atoms with Crippen molar-refractivity contribution < 1.29 is 18.3 Å². The second-order valence-corrected chi connectivity index (χ2v) is 15.2. The zero-order valence-electron chi connectivity index (χ0n) is 18.6. The van der Waals surface area contributed by atoms with Crippen molar-refractivity contribution in [2.75, 3.05) is 19.7 Å². The van der Waals surface area contributed by atoms with Crippen molar-refractivity contribution >= 4 is 14.4 Å². The molecule has 28 heavy (non-hydrogen) atoms. The van der Waals surface area contributed by atoms with E-state index in [1.807, 2.05) is 26.8 Å². The molecule has 1 saturated heterocycles. The summed E-state index contributed by atoms with van der Waals surface area (Å²) >= 11 is 0. The normalized spacial score (nSPS) is 21.1. The van der Waals surface area contributed by atoms with E-state index < -0.39 is 13.9 Å². The molecular weight excluding hydrogens is 373 g/mol. The number of hydrogen-bond acceptors (Lipinski definition) is 3. The van der Waals surface area contributed by atoms with E-state index >= 15 is 0 Å². The summed E-state index contributed by atoms with van der Waals surface area (Å²) in [4.78, 5) is 14.3. The van der Waals surface area contributed by atoms with Gasteiger partial charge in [0.05, 0.1) is 0 Å². The third-order valence-electron chi connectivity index (χ3n) is 5.83. The Balaban J connectivity index is 2.20. The van der Waals surface area contributed by atoms with E-state index in [9.17, 15) is 9.18 Å². The third-order valence-corrected chi connectivity index (χ3v) is 10.3. The fraction of sp³-hybridized carbons (Fsp3) is 0.682. The number of rotatable bonds is 4. The van der Waals surface area contributed by atoms with Crippen molar-refractivity contribution in [2.24, 2.45) is 5.92 Å². The summed E-state index contributed by atoms with van der Waals surface area (Å²) in [7, 11) is -1.91. The Morgan fingerprint density at radius 3 is 2.36 bits per heavy atom. The van der Waals surface area contributed by atoms with Crippen LogP contribution in [0.1, 0.15) is 53.0 Å². The van der Waals surface area contributed by atoms with Crippen LogP contribution in [-0.2, 0) is 9.16 Å². The highest BCUT2D eigenvalue weighted by Crippen LogP contribution is 2.39. The minimum atomic E-state index is -1.91. The molecule has 1 aliphatic rings. The van der Waals surface area contributed by atoms with Crippen LogP contribution in [0.4, 0.5) is 9.18 Å². The van der Waals surface area contributed by atoms with Crippen LogP contribution in [0.15, 0.2) is 24.3 Å². The predicted octanol–water partition coefficient (Wildman–Crippen LogP) is 5.80.